The van der Waals surface area contributed by atoms with Gasteiger partial charge in [0.15, 0.2) is 0 Å². The van der Waals surface area contributed by atoms with Crippen LogP contribution in [0.5, 0.6) is 0 Å². The Morgan fingerprint density at radius 1 is 1.40 bits per heavy atom. The molecule has 1 rings (SSSR count). The van der Waals surface area contributed by atoms with Gasteiger partial charge in [-0.05, 0) is 31.1 Å². The molecule has 1 aliphatic carbocycles. The van der Waals surface area contributed by atoms with Crippen LogP contribution in [0.1, 0.15) is 20.3 Å². The number of nitrogens with zero attached hydrogens (tertiary/aromatic N) is 1. The van der Waals surface area contributed by atoms with Crippen LogP contribution in [0.4, 0.5) is 0 Å². The zero-order valence-corrected chi connectivity index (χ0v) is 9.30. The molecule has 0 bridgehead atoms. The monoisotopic (exact) mass is 200 g/mol. The average Bonchev–Trinajstić information content (AvgIpc) is 2.20. The smallest absolute Gasteiger partial charge is 0.0888 e. The molecule has 0 amide bonds. The first kappa shape index (κ1) is 11.4. The van der Waals surface area contributed by atoms with E-state index in [9.17, 15) is 0 Å². The zero-order chi connectivity index (χ0) is 11.4. The molecule has 0 aromatic heterocycles. The summed E-state index contributed by atoms with van der Waals surface area (Å²) < 4.78 is 0. The topological polar surface area (TPSA) is 36.2 Å². The van der Waals surface area contributed by atoms with Crippen LogP contribution in [0.3, 0.4) is 0 Å². The third-order valence-electron chi connectivity index (χ3n) is 2.18. The van der Waals surface area contributed by atoms with E-state index >= 15 is 0 Å². The van der Waals surface area contributed by atoms with Crippen molar-refractivity contribution in [3.05, 3.63) is 48.2 Å². The van der Waals surface area contributed by atoms with Crippen molar-refractivity contribution in [3.63, 3.8) is 0 Å². The maximum atomic E-state index is 7.71. The molecule has 2 nitrogen and oxygen atoms in total. The second-order valence-corrected chi connectivity index (χ2v) is 3.54. The Morgan fingerprint density at radius 2 is 2.07 bits per heavy atom. The van der Waals surface area contributed by atoms with E-state index in [1.165, 1.54) is 0 Å². The zero-order valence-electron chi connectivity index (χ0n) is 9.30. The SMILES string of the molecule is C=C(CC)N=C1C=C(C(=C)C)C=CC1=N. The lowest BCUT2D eigenvalue weighted by molar-refractivity contribution is 1.08. The van der Waals surface area contributed by atoms with Crippen LogP contribution in [-0.2, 0) is 0 Å². The van der Waals surface area contributed by atoms with Crippen LogP contribution in [0, 0.1) is 5.41 Å². The minimum absolute atomic E-state index is 0.426. The summed E-state index contributed by atoms with van der Waals surface area (Å²) in [7, 11) is 0. The molecule has 0 aliphatic heterocycles. The molecular formula is C13H16N2. The molecule has 0 saturated carbocycles. The number of nitrogens with one attached hydrogen (secondary N) is 1. The standard InChI is InChI=1S/C13H16N2/c1-5-10(4)15-13-8-11(9(2)3)6-7-12(13)14/h6-8,14H,2,4-5H2,1,3H3. The summed E-state index contributed by atoms with van der Waals surface area (Å²) >= 11 is 0. The lowest BCUT2D eigenvalue weighted by atomic mass is 9.99. The summed E-state index contributed by atoms with van der Waals surface area (Å²) in [5.41, 5.74) is 3.89. The Hall–Kier alpha value is -1.70. The quantitative estimate of drug-likeness (QED) is 0.677. The summed E-state index contributed by atoms with van der Waals surface area (Å²) in [4.78, 5) is 4.30. The van der Waals surface area contributed by atoms with Gasteiger partial charge < -0.3 is 0 Å². The van der Waals surface area contributed by atoms with Crippen LogP contribution in [-0.4, -0.2) is 11.4 Å². The van der Waals surface area contributed by atoms with Crippen molar-refractivity contribution in [1.82, 2.24) is 0 Å². The number of rotatable bonds is 3. The minimum Gasteiger partial charge on any atom is -0.299 e. The summed E-state index contributed by atoms with van der Waals surface area (Å²) in [5, 5.41) is 7.71. The second-order valence-electron chi connectivity index (χ2n) is 3.54. The fourth-order valence-corrected chi connectivity index (χ4v) is 1.14. The predicted molar refractivity (Wildman–Crippen MR) is 66.6 cm³/mol. The normalized spacial score (nSPS) is 17.9. The van der Waals surface area contributed by atoms with Crippen molar-refractivity contribution in [2.24, 2.45) is 4.99 Å². The Kier molecular flexibility index (Phi) is 3.56. The summed E-state index contributed by atoms with van der Waals surface area (Å²) in [6.07, 6.45) is 6.31. The molecule has 0 aromatic rings. The first-order valence-corrected chi connectivity index (χ1v) is 4.95. The molecule has 0 aromatic carbocycles. The number of hydrogen-bond acceptors (Lipinski definition) is 2. The van der Waals surface area contributed by atoms with Crippen molar-refractivity contribution in [2.45, 2.75) is 20.3 Å². The molecule has 0 fully saturated rings. The third kappa shape index (κ3) is 2.88. The van der Waals surface area contributed by atoms with Gasteiger partial charge in [0.1, 0.15) is 0 Å². The van der Waals surface area contributed by atoms with E-state index < -0.39 is 0 Å². The Bertz CT molecular complexity index is 406. The molecule has 78 valence electrons. The maximum absolute atomic E-state index is 7.71. The van der Waals surface area contributed by atoms with E-state index in [1.807, 2.05) is 26.0 Å². The van der Waals surface area contributed by atoms with E-state index in [4.69, 9.17) is 5.41 Å². The minimum atomic E-state index is 0.426. The molecule has 15 heavy (non-hydrogen) atoms. The van der Waals surface area contributed by atoms with Gasteiger partial charge in [-0.25, -0.2) is 0 Å². The van der Waals surface area contributed by atoms with Gasteiger partial charge in [-0.2, -0.15) is 0 Å². The van der Waals surface area contributed by atoms with Crippen LogP contribution >= 0.6 is 0 Å². The highest BCUT2D eigenvalue weighted by atomic mass is 14.8. The Balaban J connectivity index is 3.04. The van der Waals surface area contributed by atoms with Crippen molar-refractivity contribution in [2.75, 3.05) is 0 Å². The maximum Gasteiger partial charge on any atom is 0.0888 e. The highest BCUT2D eigenvalue weighted by Crippen LogP contribution is 2.14. The lowest BCUT2D eigenvalue weighted by Gasteiger charge is -2.09. The molecule has 1 N–H and O–H groups in total. The molecule has 0 spiro atoms. The van der Waals surface area contributed by atoms with Crippen molar-refractivity contribution < 1.29 is 0 Å². The van der Waals surface area contributed by atoms with Gasteiger partial charge in [-0.15, -0.1) is 0 Å². The summed E-state index contributed by atoms with van der Waals surface area (Å²) in [5.74, 6) is 0. The fraction of sp³-hybridized carbons (Fsp3) is 0.231. The van der Waals surface area contributed by atoms with Gasteiger partial charge in [0.25, 0.3) is 0 Å². The van der Waals surface area contributed by atoms with Crippen LogP contribution in [0.15, 0.2) is 53.2 Å². The molecule has 0 atom stereocenters. The fourth-order valence-electron chi connectivity index (χ4n) is 1.14. The Labute approximate surface area is 90.9 Å². The molecule has 0 unspecified atom stereocenters. The van der Waals surface area contributed by atoms with Gasteiger partial charge >= 0.3 is 0 Å². The second kappa shape index (κ2) is 4.69. The van der Waals surface area contributed by atoms with Crippen LogP contribution in [0.2, 0.25) is 0 Å². The van der Waals surface area contributed by atoms with Gasteiger partial charge in [-0.3, -0.25) is 10.4 Å². The van der Waals surface area contributed by atoms with Gasteiger partial charge in [0.05, 0.1) is 11.4 Å². The molecule has 0 radical (unpaired) electrons. The highest BCUT2D eigenvalue weighted by molar-refractivity contribution is 6.50. The Morgan fingerprint density at radius 3 is 2.60 bits per heavy atom. The largest absolute Gasteiger partial charge is 0.299 e. The molecule has 2 heteroatoms. The molecule has 1 aliphatic rings. The molecular weight excluding hydrogens is 184 g/mol. The highest BCUT2D eigenvalue weighted by Gasteiger charge is 2.08. The van der Waals surface area contributed by atoms with Crippen molar-refractivity contribution in [1.29, 1.82) is 5.41 Å². The van der Waals surface area contributed by atoms with E-state index in [0.29, 0.717) is 11.4 Å². The third-order valence-corrected chi connectivity index (χ3v) is 2.18. The first-order valence-electron chi connectivity index (χ1n) is 4.95. The number of allylic oxidation sites excluding steroid dienone is 6. The molecule has 0 heterocycles. The van der Waals surface area contributed by atoms with E-state index in [-0.39, 0.29) is 0 Å². The average molecular weight is 200 g/mol. The van der Waals surface area contributed by atoms with E-state index in [0.717, 1.165) is 23.3 Å². The van der Waals surface area contributed by atoms with Crippen molar-refractivity contribution in [3.8, 4) is 0 Å². The van der Waals surface area contributed by atoms with Crippen molar-refractivity contribution >= 4 is 11.4 Å². The number of hydrogen-bond donors (Lipinski definition) is 1. The molecule has 0 saturated heterocycles. The van der Waals surface area contributed by atoms with E-state index in [1.54, 1.807) is 6.08 Å². The van der Waals surface area contributed by atoms with E-state index in [2.05, 4.69) is 18.2 Å². The first-order chi connectivity index (χ1) is 7.04. The van der Waals surface area contributed by atoms with Crippen LogP contribution in [0.25, 0.3) is 0 Å². The van der Waals surface area contributed by atoms with Gasteiger partial charge in [-0.1, -0.05) is 31.7 Å². The number of aliphatic imine (C=N–C) groups is 1. The van der Waals surface area contributed by atoms with Gasteiger partial charge in [0, 0.05) is 5.70 Å². The van der Waals surface area contributed by atoms with Gasteiger partial charge in [0.2, 0.25) is 0 Å². The lowest BCUT2D eigenvalue weighted by Crippen LogP contribution is -2.12. The summed E-state index contributed by atoms with van der Waals surface area (Å²) in [6, 6.07) is 0. The van der Waals surface area contributed by atoms with Crippen LogP contribution < -0.4 is 0 Å². The predicted octanol–water partition coefficient (Wildman–Crippen LogP) is 3.44. The summed E-state index contributed by atoms with van der Waals surface area (Å²) in [6.45, 7) is 11.6.